The smallest absolute Gasteiger partial charge is 0.0815 e. The Labute approximate surface area is 147 Å². The quantitative estimate of drug-likeness (QED) is 0.702. The van der Waals surface area contributed by atoms with Crippen LogP contribution in [-0.4, -0.2) is 36.1 Å². The molecule has 3 nitrogen and oxygen atoms in total. The van der Waals surface area contributed by atoms with E-state index < -0.39 is 0 Å². The third-order valence-electron chi connectivity index (χ3n) is 5.10. The number of hydrogen-bond donors (Lipinski definition) is 0. The van der Waals surface area contributed by atoms with E-state index in [1.165, 1.54) is 21.5 Å². The molecule has 0 bridgehead atoms. The van der Waals surface area contributed by atoms with Crippen LogP contribution in [0.3, 0.4) is 0 Å². The minimum absolute atomic E-state index is 0.441. The van der Waals surface area contributed by atoms with E-state index in [2.05, 4.69) is 71.1 Å². The van der Waals surface area contributed by atoms with Crippen LogP contribution >= 0.6 is 11.3 Å². The minimum Gasteiger partial charge on any atom is -0.369 e. The molecule has 0 spiro atoms. The summed E-state index contributed by atoms with van der Waals surface area (Å²) in [6.07, 6.45) is 0. The number of benzene rings is 2. The van der Waals surface area contributed by atoms with Gasteiger partial charge in [0, 0.05) is 37.9 Å². The van der Waals surface area contributed by atoms with Crippen molar-refractivity contribution in [2.75, 3.05) is 31.1 Å². The van der Waals surface area contributed by atoms with E-state index in [1.54, 1.807) is 11.3 Å². The molecule has 1 atom stereocenters. The Morgan fingerprint density at radius 3 is 2.50 bits per heavy atom. The van der Waals surface area contributed by atoms with Gasteiger partial charge in [-0.3, -0.25) is 4.90 Å². The van der Waals surface area contributed by atoms with Gasteiger partial charge in [-0.1, -0.05) is 23.8 Å². The SMILES string of the molecule is Cc1ccc(N2CCN([C@@H](C)c3ccc4scnc4c3)CC2)cc1. The van der Waals surface area contributed by atoms with Crippen molar-refractivity contribution < 1.29 is 0 Å². The van der Waals surface area contributed by atoms with Gasteiger partial charge in [-0.15, -0.1) is 11.3 Å². The van der Waals surface area contributed by atoms with E-state index in [0.717, 1.165) is 31.7 Å². The average molecular weight is 337 g/mol. The highest BCUT2D eigenvalue weighted by Gasteiger charge is 2.22. The number of anilines is 1. The van der Waals surface area contributed by atoms with Gasteiger partial charge in [0.2, 0.25) is 0 Å². The van der Waals surface area contributed by atoms with Gasteiger partial charge in [-0.2, -0.15) is 0 Å². The number of rotatable bonds is 3. The standard InChI is InChI=1S/C20H23N3S/c1-15-3-6-18(7-4-15)23-11-9-22(10-12-23)16(2)17-5-8-20-19(13-17)21-14-24-20/h3-8,13-14,16H,9-12H2,1-2H3/t16-/m0/s1. The fourth-order valence-electron chi connectivity index (χ4n) is 3.47. The van der Waals surface area contributed by atoms with Gasteiger partial charge in [0.05, 0.1) is 15.7 Å². The third kappa shape index (κ3) is 3.04. The second kappa shape index (κ2) is 6.54. The lowest BCUT2D eigenvalue weighted by atomic mass is 10.1. The molecule has 24 heavy (non-hydrogen) atoms. The largest absolute Gasteiger partial charge is 0.369 e. The van der Waals surface area contributed by atoms with E-state index in [0.29, 0.717) is 6.04 Å². The third-order valence-corrected chi connectivity index (χ3v) is 5.91. The number of aromatic nitrogens is 1. The van der Waals surface area contributed by atoms with Crippen molar-refractivity contribution in [1.82, 2.24) is 9.88 Å². The predicted octanol–water partition coefficient (Wildman–Crippen LogP) is 4.49. The molecule has 0 saturated carbocycles. The minimum atomic E-state index is 0.441. The Hall–Kier alpha value is -1.91. The van der Waals surface area contributed by atoms with Crippen molar-refractivity contribution in [3.8, 4) is 0 Å². The van der Waals surface area contributed by atoms with Gasteiger partial charge in [0.15, 0.2) is 0 Å². The molecular weight excluding hydrogens is 314 g/mol. The highest BCUT2D eigenvalue weighted by Crippen LogP contribution is 2.27. The molecule has 0 N–H and O–H groups in total. The monoisotopic (exact) mass is 337 g/mol. The first-order valence-corrected chi connectivity index (χ1v) is 9.47. The van der Waals surface area contributed by atoms with Crippen LogP contribution in [0.5, 0.6) is 0 Å². The number of fused-ring (bicyclic) bond motifs is 1. The van der Waals surface area contributed by atoms with Crippen molar-refractivity contribution in [1.29, 1.82) is 0 Å². The fourth-order valence-corrected chi connectivity index (χ4v) is 4.13. The van der Waals surface area contributed by atoms with E-state index >= 15 is 0 Å². The lowest BCUT2D eigenvalue weighted by molar-refractivity contribution is 0.198. The first-order valence-electron chi connectivity index (χ1n) is 8.59. The normalized spacial score (nSPS) is 17.3. The number of piperazine rings is 1. The van der Waals surface area contributed by atoms with E-state index in [-0.39, 0.29) is 0 Å². The summed E-state index contributed by atoms with van der Waals surface area (Å²) in [5.74, 6) is 0. The zero-order chi connectivity index (χ0) is 16.5. The summed E-state index contributed by atoms with van der Waals surface area (Å²) in [7, 11) is 0. The summed E-state index contributed by atoms with van der Waals surface area (Å²) in [4.78, 5) is 9.53. The lowest BCUT2D eigenvalue weighted by Gasteiger charge is -2.39. The van der Waals surface area contributed by atoms with E-state index in [1.807, 2.05) is 5.51 Å². The topological polar surface area (TPSA) is 19.4 Å². The molecule has 1 saturated heterocycles. The van der Waals surface area contributed by atoms with Gasteiger partial charge in [-0.05, 0) is 43.7 Å². The van der Waals surface area contributed by atoms with Crippen LogP contribution in [0.2, 0.25) is 0 Å². The molecule has 1 aliphatic rings. The van der Waals surface area contributed by atoms with Crippen LogP contribution in [0.1, 0.15) is 24.1 Å². The van der Waals surface area contributed by atoms with Crippen LogP contribution in [0.4, 0.5) is 5.69 Å². The average Bonchev–Trinajstić information content (AvgIpc) is 3.09. The van der Waals surface area contributed by atoms with Gasteiger partial charge in [0.25, 0.3) is 0 Å². The van der Waals surface area contributed by atoms with E-state index in [4.69, 9.17) is 0 Å². The molecule has 0 unspecified atom stereocenters. The maximum absolute atomic E-state index is 4.46. The summed E-state index contributed by atoms with van der Waals surface area (Å²) in [5, 5.41) is 0. The molecule has 1 fully saturated rings. The van der Waals surface area contributed by atoms with Crippen LogP contribution < -0.4 is 4.90 Å². The molecule has 2 heterocycles. The number of thiazole rings is 1. The first-order chi connectivity index (χ1) is 11.7. The Balaban J connectivity index is 1.43. The van der Waals surface area contributed by atoms with Gasteiger partial charge in [-0.25, -0.2) is 4.98 Å². The molecule has 0 radical (unpaired) electrons. The van der Waals surface area contributed by atoms with Crippen LogP contribution in [0.25, 0.3) is 10.2 Å². The zero-order valence-corrected chi connectivity index (χ0v) is 15.1. The molecule has 3 aromatic rings. The Morgan fingerprint density at radius 2 is 1.75 bits per heavy atom. The summed E-state index contributed by atoms with van der Waals surface area (Å²) in [5.41, 5.74) is 7.10. The Kier molecular flexibility index (Phi) is 4.25. The highest BCUT2D eigenvalue weighted by atomic mass is 32.1. The summed E-state index contributed by atoms with van der Waals surface area (Å²) in [6, 6.07) is 16.0. The molecule has 0 amide bonds. The van der Waals surface area contributed by atoms with Crippen molar-refractivity contribution in [2.24, 2.45) is 0 Å². The van der Waals surface area contributed by atoms with Crippen LogP contribution in [0.15, 0.2) is 48.0 Å². The second-order valence-electron chi connectivity index (χ2n) is 6.61. The number of nitrogens with zero attached hydrogens (tertiary/aromatic N) is 3. The van der Waals surface area contributed by atoms with Crippen molar-refractivity contribution in [2.45, 2.75) is 19.9 Å². The van der Waals surface area contributed by atoms with Crippen molar-refractivity contribution in [3.63, 3.8) is 0 Å². The lowest BCUT2D eigenvalue weighted by Crippen LogP contribution is -2.47. The Morgan fingerprint density at radius 1 is 1.00 bits per heavy atom. The molecule has 4 heteroatoms. The number of aryl methyl sites for hydroxylation is 1. The van der Waals surface area contributed by atoms with Gasteiger partial charge in [0.1, 0.15) is 0 Å². The van der Waals surface area contributed by atoms with Crippen molar-refractivity contribution in [3.05, 3.63) is 59.1 Å². The summed E-state index contributed by atoms with van der Waals surface area (Å²) < 4.78 is 1.27. The maximum Gasteiger partial charge on any atom is 0.0815 e. The van der Waals surface area contributed by atoms with Crippen LogP contribution in [0, 0.1) is 6.92 Å². The molecule has 124 valence electrons. The molecule has 2 aromatic carbocycles. The molecule has 4 rings (SSSR count). The fraction of sp³-hybridized carbons (Fsp3) is 0.350. The predicted molar refractivity (Wildman–Crippen MR) is 103 cm³/mol. The Bertz CT molecular complexity index is 816. The first kappa shape index (κ1) is 15.6. The second-order valence-corrected chi connectivity index (χ2v) is 7.50. The molecular formula is C20H23N3S. The molecule has 1 aliphatic heterocycles. The van der Waals surface area contributed by atoms with Gasteiger partial charge >= 0.3 is 0 Å². The maximum atomic E-state index is 4.46. The number of hydrogen-bond acceptors (Lipinski definition) is 4. The highest BCUT2D eigenvalue weighted by molar-refractivity contribution is 7.16. The summed E-state index contributed by atoms with van der Waals surface area (Å²) >= 11 is 1.71. The molecule has 1 aromatic heterocycles. The van der Waals surface area contributed by atoms with Gasteiger partial charge < -0.3 is 4.90 Å². The summed E-state index contributed by atoms with van der Waals surface area (Å²) in [6.45, 7) is 8.84. The zero-order valence-electron chi connectivity index (χ0n) is 14.3. The van der Waals surface area contributed by atoms with E-state index in [9.17, 15) is 0 Å². The van der Waals surface area contributed by atoms with Crippen molar-refractivity contribution >= 4 is 27.2 Å². The molecule has 0 aliphatic carbocycles. The van der Waals surface area contributed by atoms with Crippen LogP contribution in [-0.2, 0) is 0 Å².